The number of hydrogen-bond acceptors (Lipinski definition) is 3. The first kappa shape index (κ1) is 10.9. The number of anilines is 1. The van der Waals surface area contributed by atoms with E-state index in [1.54, 1.807) is 0 Å². The molecule has 96 valence electrons. The lowest BCUT2D eigenvalue weighted by molar-refractivity contribution is -0.124. The average molecular weight is 259 g/mol. The first-order valence-electron chi connectivity index (χ1n) is 6.14. The molecular weight excluding hydrogens is 249 g/mol. The van der Waals surface area contributed by atoms with Crippen LogP contribution < -0.4 is 4.90 Å². The molecule has 2 bridgehead atoms. The third-order valence-electron chi connectivity index (χ3n) is 4.00. The zero-order valence-corrected chi connectivity index (χ0v) is 9.82. The monoisotopic (exact) mass is 259 g/mol. The van der Waals surface area contributed by atoms with Gasteiger partial charge in [-0.1, -0.05) is 12.2 Å². The van der Waals surface area contributed by atoms with Crippen molar-refractivity contribution in [3.05, 3.63) is 42.2 Å². The number of halogens is 1. The summed E-state index contributed by atoms with van der Waals surface area (Å²) in [5.41, 5.74) is 0.421. The van der Waals surface area contributed by atoms with Crippen LogP contribution in [0.5, 0.6) is 0 Å². The molecule has 4 atom stereocenters. The van der Waals surface area contributed by atoms with Gasteiger partial charge in [0.25, 0.3) is 0 Å². The fourth-order valence-electron chi connectivity index (χ4n) is 3.15. The van der Waals surface area contributed by atoms with Gasteiger partial charge in [-0.05, 0) is 24.3 Å². The third-order valence-corrected chi connectivity index (χ3v) is 4.00. The van der Waals surface area contributed by atoms with E-state index in [1.807, 2.05) is 12.2 Å². The summed E-state index contributed by atoms with van der Waals surface area (Å²) in [6, 6.07) is 5.38. The number of nitrogens with zero attached hydrogens (tertiary/aromatic N) is 1. The van der Waals surface area contributed by atoms with Crippen LogP contribution >= 0.6 is 0 Å². The lowest BCUT2D eigenvalue weighted by Crippen LogP contribution is -2.34. The number of hydrogen-bond donors (Lipinski definition) is 0. The second-order valence-electron chi connectivity index (χ2n) is 4.99. The summed E-state index contributed by atoms with van der Waals surface area (Å²) < 4.78 is 18.5. The molecule has 4 nitrogen and oxygen atoms in total. The first-order valence-corrected chi connectivity index (χ1v) is 6.14. The summed E-state index contributed by atoms with van der Waals surface area (Å²) in [5.74, 6) is -1.75. The Morgan fingerprint density at radius 1 is 0.947 bits per heavy atom. The minimum atomic E-state index is -0.424. The maximum absolute atomic E-state index is 12.9. The molecule has 3 aliphatic heterocycles. The van der Waals surface area contributed by atoms with E-state index in [0.29, 0.717) is 5.69 Å². The molecule has 5 heteroatoms. The molecule has 0 saturated carbocycles. The molecule has 2 saturated heterocycles. The number of carbonyl (C=O) groups is 2. The first-order chi connectivity index (χ1) is 9.16. The van der Waals surface area contributed by atoms with Crippen molar-refractivity contribution in [1.82, 2.24) is 0 Å². The molecule has 2 fully saturated rings. The highest BCUT2D eigenvalue weighted by Gasteiger charge is 2.60. The van der Waals surface area contributed by atoms with Crippen molar-refractivity contribution in [3.63, 3.8) is 0 Å². The van der Waals surface area contributed by atoms with E-state index < -0.39 is 17.7 Å². The van der Waals surface area contributed by atoms with E-state index in [9.17, 15) is 14.0 Å². The molecule has 19 heavy (non-hydrogen) atoms. The average Bonchev–Trinajstić information content (AvgIpc) is 3.06. The van der Waals surface area contributed by atoms with E-state index in [0.717, 1.165) is 4.90 Å². The number of benzene rings is 1. The van der Waals surface area contributed by atoms with Crippen molar-refractivity contribution in [2.24, 2.45) is 11.8 Å². The molecule has 0 unspecified atom stereocenters. The standard InChI is InChI=1S/C14H10FNO3/c15-7-1-3-8(4-2-7)16-13(17)11-9-5-6-10(19-9)12(11)14(16)18/h1-6,9-12H/t9-,10-,11+,12+/m1/s1. The highest BCUT2D eigenvalue weighted by molar-refractivity contribution is 6.23. The van der Waals surface area contributed by atoms with Crippen LogP contribution in [0.15, 0.2) is 36.4 Å². The van der Waals surface area contributed by atoms with Gasteiger partial charge in [0.2, 0.25) is 11.8 Å². The molecular formula is C14H10FNO3. The Hall–Kier alpha value is -2.01. The van der Waals surface area contributed by atoms with Gasteiger partial charge in [-0.3, -0.25) is 9.59 Å². The Balaban J connectivity index is 1.74. The van der Waals surface area contributed by atoms with Crippen LogP contribution in [0, 0.1) is 17.7 Å². The predicted octanol–water partition coefficient (Wildman–Crippen LogP) is 1.27. The Kier molecular flexibility index (Phi) is 2.01. The van der Waals surface area contributed by atoms with E-state index in [1.165, 1.54) is 24.3 Å². The molecule has 0 radical (unpaired) electrons. The van der Waals surface area contributed by atoms with Gasteiger partial charge in [0.05, 0.1) is 29.7 Å². The van der Waals surface area contributed by atoms with Crippen LogP contribution in [-0.2, 0) is 14.3 Å². The van der Waals surface area contributed by atoms with Crippen molar-refractivity contribution in [2.75, 3.05) is 4.90 Å². The highest BCUT2D eigenvalue weighted by Crippen LogP contribution is 2.46. The highest BCUT2D eigenvalue weighted by atomic mass is 19.1. The lowest BCUT2D eigenvalue weighted by Gasteiger charge is -2.17. The smallest absolute Gasteiger partial charge is 0.240 e. The summed E-state index contributed by atoms with van der Waals surface area (Å²) in [6.45, 7) is 0. The fraction of sp³-hybridized carbons (Fsp3) is 0.286. The fourth-order valence-corrected chi connectivity index (χ4v) is 3.15. The quantitative estimate of drug-likeness (QED) is 0.563. The third kappa shape index (κ3) is 1.30. The van der Waals surface area contributed by atoms with Crippen LogP contribution in [0.3, 0.4) is 0 Å². The normalized spacial score (nSPS) is 35.3. The van der Waals surface area contributed by atoms with Gasteiger partial charge in [-0.15, -0.1) is 0 Å². The van der Waals surface area contributed by atoms with Crippen molar-refractivity contribution >= 4 is 17.5 Å². The SMILES string of the molecule is O=C1[C@@H]2[C@@H](C(=O)N1c1ccc(F)cc1)[C@H]1C=C[C@H]2O1. The molecule has 0 N–H and O–H groups in total. The van der Waals surface area contributed by atoms with E-state index in [2.05, 4.69) is 0 Å². The van der Waals surface area contributed by atoms with Crippen LogP contribution in [-0.4, -0.2) is 24.0 Å². The Morgan fingerprint density at radius 2 is 1.47 bits per heavy atom. The van der Waals surface area contributed by atoms with Crippen molar-refractivity contribution < 1.29 is 18.7 Å². The minimum absolute atomic E-state index is 0.251. The molecule has 0 aromatic heterocycles. The van der Waals surface area contributed by atoms with E-state index in [-0.39, 0.29) is 24.0 Å². The number of carbonyl (C=O) groups excluding carboxylic acids is 2. The second kappa shape index (κ2) is 3.51. The molecule has 1 aromatic rings. The molecule has 3 aliphatic rings. The summed E-state index contributed by atoms with van der Waals surface area (Å²) in [7, 11) is 0. The minimum Gasteiger partial charge on any atom is -0.365 e. The van der Waals surface area contributed by atoms with E-state index >= 15 is 0 Å². The Bertz CT molecular complexity index is 580. The molecule has 0 aliphatic carbocycles. The Morgan fingerprint density at radius 3 is 2.00 bits per heavy atom. The number of imide groups is 1. The largest absolute Gasteiger partial charge is 0.365 e. The van der Waals surface area contributed by atoms with Crippen LogP contribution in [0.4, 0.5) is 10.1 Å². The van der Waals surface area contributed by atoms with Gasteiger partial charge in [0.1, 0.15) is 5.82 Å². The maximum Gasteiger partial charge on any atom is 0.240 e. The number of rotatable bonds is 1. The lowest BCUT2D eigenvalue weighted by atomic mass is 9.85. The summed E-state index contributed by atoms with van der Waals surface area (Å²) in [5, 5.41) is 0. The Labute approximate surface area is 108 Å². The van der Waals surface area contributed by atoms with Crippen molar-refractivity contribution in [2.45, 2.75) is 12.2 Å². The van der Waals surface area contributed by atoms with Crippen LogP contribution in [0.2, 0.25) is 0 Å². The summed E-state index contributed by atoms with van der Waals surface area (Å²) in [4.78, 5) is 25.9. The zero-order valence-electron chi connectivity index (χ0n) is 9.82. The molecule has 3 heterocycles. The topological polar surface area (TPSA) is 46.6 Å². The molecule has 4 rings (SSSR count). The summed E-state index contributed by atoms with van der Waals surface area (Å²) >= 11 is 0. The van der Waals surface area contributed by atoms with Gasteiger partial charge in [0.15, 0.2) is 0 Å². The van der Waals surface area contributed by atoms with Crippen LogP contribution in [0.1, 0.15) is 0 Å². The molecule has 1 aromatic carbocycles. The van der Waals surface area contributed by atoms with Crippen molar-refractivity contribution in [3.8, 4) is 0 Å². The van der Waals surface area contributed by atoms with Crippen LogP contribution in [0.25, 0.3) is 0 Å². The van der Waals surface area contributed by atoms with E-state index in [4.69, 9.17) is 4.74 Å². The van der Waals surface area contributed by atoms with Crippen molar-refractivity contribution in [1.29, 1.82) is 0 Å². The zero-order chi connectivity index (χ0) is 13.1. The summed E-state index contributed by atoms with van der Waals surface area (Å²) in [6.07, 6.45) is 3.09. The second-order valence-corrected chi connectivity index (χ2v) is 4.99. The van der Waals surface area contributed by atoms with Gasteiger partial charge < -0.3 is 4.74 Å². The number of amides is 2. The number of ether oxygens (including phenoxy) is 1. The van der Waals surface area contributed by atoms with Gasteiger partial charge in [0, 0.05) is 0 Å². The van der Waals surface area contributed by atoms with Gasteiger partial charge in [-0.2, -0.15) is 0 Å². The number of fused-ring (bicyclic) bond motifs is 5. The van der Waals surface area contributed by atoms with Gasteiger partial charge in [-0.25, -0.2) is 9.29 Å². The maximum atomic E-state index is 12.9. The molecule has 2 amide bonds. The molecule has 0 spiro atoms. The van der Waals surface area contributed by atoms with Gasteiger partial charge >= 0.3 is 0 Å². The predicted molar refractivity (Wildman–Crippen MR) is 63.7 cm³/mol.